The molecule has 1 atom stereocenters. The molecule has 0 radical (unpaired) electrons. The lowest BCUT2D eigenvalue weighted by atomic mass is 10.0. The standard InChI is InChI=1S/C17H22N2O2/c1-12(16-11-13-5-3-4-6-15(13)21-16)17(20)19(2)14-7-9-18-10-8-14/h3-6,11-12,14,18H,7-10H2,1-2H3. The highest BCUT2D eigenvalue weighted by Crippen LogP contribution is 2.27. The highest BCUT2D eigenvalue weighted by molar-refractivity contribution is 5.85. The van der Waals surface area contributed by atoms with E-state index in [2.05, 4.69) is 5.32 Å². The van der Waals surface area contributed by atoms with Crippen molar-refractivity contribution in [1.29, 1.82) is 0 Å². The second-order valence-electron chi connectivity index (χ2n) is 5.84. The van der Waals surface area contributed by atoms with E-state index in [1.54, 1.807) is 0 Å². The van der Waals surface area contributed by atoms with Gasteiger partial charge in [0.2, 0.25) is 5.91 Å². The van der Waals surface area contributed by atoms with E-state index in [-0.39, 0.29) is 11.8 Å². The van der Waals surface area contributed by atoms with Crippen LogP contribution in [-0.4, -0.2) is 37.0 Å². The number of hydrogen-bond acceptors (Lipinski definition) is 3. The van der Waals surface area contributed by atoms with Crippen molar-refractivity contribution >= 4 is 16.9 Å². The summed E-state index contributed by atoms with van der Waals surface area (Å²) < 4.78 is 5.83. The van der Waals surface area contributed by atoms with Crippen molar-refractivity contribution in [3.8, 4) is 0 Å². The number of likely N-dealkylation sites (N-methyl/N-ethyl adjacent to an activating group) is 1. The maximum absolute atomic E-state index is 12.7. The zero-order chi connectivity index (χ0) is 14.8. The molecule has 4 heteroatoms. The molecule has 0 aliphatic carbocycles. The predicted molar refractivity (Wildman–Crippen MR) is 83.3 cm³/mol. The second kappa shape index (κ2) is 5.90. The molecule has 1 aromatic heterocycles. The number of carbonyl (C=O) groups is 1. The van der Waals surface area contributed by atoms with Crippen LogP contribution in [0.25, 0.3) is 11.0 Å². The highest BCUT2D eigenvalue weighted by atomic mass is 16.3. The molecule has 0 saturated carbocycles. The molecule has 1 amide bonds. The molecule has 4 nitrogen and oxygen atoms in total. The third kappa shape index (κ3) is 2.81. The van der Waals surface area contributed by atoms with Crippen LogP contribution >= 0.6 is 0 Å². The van der Waals surface area contributed by atoms with Crippen LogP contribution in [0.15, 0.2) is 34.7 Å². The number of piperidine rings is 1. The van der Waals surface area contributed by atoms with Crippen molar-refractivity contribution in [2.24, 2.45) is 0 Å². The summed E-state index contributed by atoms with van der Waals surface area (Å²) in [6.45, 7) is 3.90. The molecule has 112 valence electrons. The van der Waals surface area contributed by atoms with Gasteiger partial charge in [0.25, 0.3) is 0 Å². The van der Waals surface area contributed by atoms with Gasteiger partial charge < -0.3 is 14.6 Å². The Bertz CT molecular complexity index is 596. The monoisotopic (exact) mass is 286 g/mol. The fourth-order valence-corrected chi connectivity index (χ4v) is 3.02. The van der Waals surface area contributed by atoms with Gasteiger partial charge in [0.15, 0.2) is 0 Å². The fraction of sp³-hybridized carbons (Fsp3) is 0.471. The first kappa shape index (κ1) is 14.1. The normalized spacial score (nSPS) is 17.8. The maximum atomic E-state index is 12.7. The van der Waals surface area contributed by atoms with E-state index in [0.717, 1.165) is 42.7 Å². The first-order valence-electron chi connectivity index (χ1n) is 7.62. The lowest BCUT2D eigenvalue weighted by molar-refractivity contribution is -0.134. The number of amides is 1. The number of nitrogens with one attached hydrogen (secondary N) is 1. The molecule has 2 heterocycles. The van der Waals surface area contributed by atoms with Gasteiger partial charge in [-0.15, -0.1) is 0 Å². The van der Waals surface area contributed by atoms with Gasteiger partial charge in [-0.25, -0.2) is 0 Å². The number of carbonyl (C=O) groups excluding carboxylic acids is 1. The van der Waals surface area contributed by atoms with Crippen LogP contribution in [0.2, 0.25) is 0 Å². The number of nitrogens with zero attached hydrogens (tertiary/aromatic N) is 1. The minimum absolute atomic E-state index is 0.140. The zero-order valence-electron chi connectivity index (χ0n) is 12.6. The van der Waals surface area contributed by atoms with Crippen molar-refractivity contribution in [1.82, 2.24) is 10.2 Å². The molecular formula is C17H22N2O2. The first-order chi connectivity index (χ1) is 10.2. The second-order valence-corrected chi connectivity index (χ2v) is 5.84. The minimum atomic E-state index is -0.239. The van der Waals surface area contributed by atoms with Gasteiger partial charge in [-0.2, -0.15) is 0 Å². The summed E-state index contributed by atoms with van der Waals surface area (Å²) in [5, 5.41) is 4.38. The zero-order valence-corrected chi connectivity index (χ0v) is 12.6. The lowest BCUT2D eigenvalue weighted by Crippen LogP contribution is -2.45. The Kier molecular flexibility index (Phi) is 3.97. The Morgan fingerprint density at radius 3 is 2.76 bits per heavy atom. The molecule has 3 rings (SSSR count). The molecule has 2 aromatic rings. The van der Waals surface area contributed by atoms with Crippen molar-refractivity contribution < 1.29 is 9.21 Å². The van der Waals surface area contributed by atoms with Crippen LogP contribution < -0.4 is 5.32 Å². The maximum Gasteiger partial charge on any atom is 0.233 e. The summed E-state index contributed by atoms with van der Waals surface area (Å²) in [6, 6.07) is 10.2. The summed E-state index contributed by atoms with van der Waals surface area (Å²) in [5.41, 5.74) is 0.844. The van der Waals surface area contributed by atoms with E-state index in [0.29, 0.717) is 6.04 Å². The molecule has 0 bridgehead atoms. The van der Waals surface area contributed by atoms with Gasteiger partial charge in [0.1, 0.15) is 11.3 Å². The van der Waals surface area contributed by atoms with Crippen molar-refractivity contribution in [3.05, 3.63) is 36.1 Å². The highest BCUT2D eigenvalue weighted by Gasteiger charge is 2.28. The van der Waals surface area contributed by atoms with Crippen molar-refractivity contribution in [2.45, 2.75) is 31.7 Å². The van der Waals surface area contributed by atoms with E-state index >= 15 is 0 Å². The summed E-state index contributed by atoms with van der Waals surface area (Å²) in [5.74, 6) is 0.653. The van der Waals surface area contributed by atoms with Gasteiger partial charge >= 0.3 is 0 Å². The largest absolute Gasteiger partial charge is 0.460 e. The minimum Gasteiger partial charge on any atom is -0.460 e. The van der Waals surface area contributed by atoms with E-state index in [9.17, 15) is 4.79 Å². The third-order valence-corrected chi connectivity index (χ3v) is 4.45. The van der Waals surface area contributed by atoms with Crippen LogP contribution in [0.4, 0.5) is 0 Å². The van der Waals surface area contributed by atoms with E-state index < -0.39 is 0 Å². The Labute approximate surface area is 125 Å². The molecule has 0 spiro atoms. The Morgan fingerprint density at radius 1 is 1.33 bits per heavy atom. The first-order valence-corrected chi connectivity index (χ1v) is 7.62. The van der Waals surface area contributed by atoms with E-state index in [1.807, 2.05) is 49.2 Å². The summed E-state index contributed by atoms with van der Waals surface area (Å²) >= 11 is 0. The smallest absolute Gasteiger partial charge is 0.233 e. The average molecular weight is 286 g/mol. The average Bonchev–Trinajstić information content (AvgIpc) is 2.97. The molecule has 1 N–H and O–H groups in total. The van der Waals surface area contributed by atoms with Gasteiger partial charge in [-0.05, 0) is 45.0 Å². The quantitative estimate of drug-likeness (QED) is 0.943. The van der Waals surface area contributed by atoms with Crippen LogP contribution in [0, 0.1) is 0 Å². The van der Waals surface area contributed by atoms with Crippen molar-refractivity contribution in [2.75, 3.05) is 20.1 Å². The van der Waals surface area contributed by atoms with Crippen LogP contribution in [0.1, 0.15) is 31.4 Å². The topological polar surface area (TPSA) is 45.5 Å². The molecule has 21 heavy (non-hydrogen) atoms. The number of hydrogen-bond donors (Lipinski definition) is 1. The van der Waals surface area contributed by atoms with Gasteiger partial charge in [-0.3, -0.25) is 4.79 Å². The number of rotatable bonds is 3. The van der Waals surface area contributed by atoms with E-state index in [4.69, 9.17) is 4.42 Å². The Hall–Kier alpha value is -1.81. The SMILES string of the molecule is CC(C(=O)N(C)C1CCNCC1)c1cc2ccccc2o1. The molecule has 1 aromatic carbocycles. The Balaban J connectivity index is 1.76. The molecular weight excluding hydrogens is 264 g/mol. The van der Waals surface area contributed by atoms with Gasteiger partial charge in [0.05, 0.1) is 5.92 Å². The summed E-state index contributed by atoms with van der Waals surface area (Å²) in [4.78, 5) is 14.6. The number of para-hydroxylation sites is 1. The molecule has 1 fully saturated rings. The van der Waals surface area contributed by atoms with Crippen LogP contribution in [0.3, 0.4) is 0 Å². The van der Waals surface area contributed by atoms with Crippen molar-refractivity contribution in [3.63, 3.8) is 0 Å². The van der Waals surface area contributed by atoms with Crippen LogP contribution in [-0.2, 0) is 4.79 Å². The number of benzene rings is 1. The molecule has 1 aliphatic heterocycles. The van der Waals surface area contributed by atoms with Crippen LogP contribution in [0.5, 0.6) is 0 Å². The summed E-state index contributed by atoms with van der Waals surface area (Å²) in [6.07, 6.45) is 2.05. The number of furan rings is 1. The number of fused-ring (bicyclic) bond motifs is 1. The molecule has 1 aliphatic rings. The Morgan fingerprint density at radius 2 is 2.05 bits per heavy atom. The molecule has 1 unspecified atom stereocenters. The van der Waals surface area contributed by atoms with E-state index in [1.165, 1.54) is 0 Å². The predicted octanol–water partition coefficient (Wildman–Crippen LogP) is 2.75. The lowest BCUT2D eigenvalue weighted by Gasteiger charge is -2.33. The molecule has 1 saturated heterocycles. The fourth-order valence-electron chi connectivity index (χ4n) is 3.02. The summed E-state index contributed by atoms with van der Waals surface area (Å²) in [7, 11) is 1.91. The van der Waals surface area contributed by atoms with Gasteiger partial charge in [-0.1, -0.05) is 18.2 Å². The third-order valence-electron chi connectivity index (χ3n) is 4.45. The van der Waals surface area contributed by atoms with Gasteiger partial charge in [0, 0.05) is 18.5 Å².